The Morgan fingerprint density at radius 1 is 0.393 bits per heavy atom. The molecule has 334 valence electrons. The minimum absolute atomic E-state index is 0.159. The van der Waals surface area contributed by atoms with E-state index in [-0.39, 0.29) is 12.7 Å². The fourth-order valence-electron chi connectivity index (χ4n) is 6.80. The van der Waals surface area contributed by atoms with Gasteiger partial charge in [0.2, 0.25) is 0 Å². The van der Waals surface area contributed by atoms with Crippen molar-refractivity contribution in [3.8, 4) is 0 Å². The molecular formula is C37H88O11Si8. The van der Waals surface area contributed by atoms with E-state index in [1.54, 1.807) is 0 Å². The first-order chi connectivity index (χ1) is 24.6. The summed E-state index contributed by atoms with van der Waals surface area (Å²) < 4.78 is 77.4. The van der Waals surface area contributed by atoms with Crippen LogP contribution in [0, 0.1) is 0 Å². The molecule has 0 aromatic rings. The van der Waals surface area contributed by atoms with E-state index in [1.807, 2.05) is 0 Å². The van der Waals surface area contributed by atoms with E-state index in [4.69, 9.17) is 49.6 Å². The first kappa shape index (κ1) is 53.4. The molecule has 56 heavy (non-hydrogen) atoms. The quantitative estimate of drug-likeness (QED) is 0.109. The monoisotopic (exact) mass is 932 g/mol. The number of hydrogen-bond donors (Lipinski definition) is 0. The van der Waals surface area contributed by atoms with Crippen molar-refractivity contribution in [1.29, 1.82) is 0 Å². The van der Waals surface area contributed by atoms with Crippen LogP contribution in [-0.4, -0.2) is 141 Å². The second kappa shape index (κ2) is 19.0. The van der Waals surface area contributed by atoms with Crippen LogP contribution < -0.4 is 0 Å². The minimum Gasteiger partial charge on any atom is -0.415 e. The lowest BCUT2D eigenvalue weighted by atomic mass is 9.88. The van der Waals surface area contributed by atoms with Crippen molar-refractivity contribution < 1.29 is 49.6 Å². The van der Waals surface area contributed by atoms with Crippen LogP contribution in [0.2, 0.25) is 157 Å². The highest BCUT2D eigenvalue weighted by atomic mass is 28.4. The molecule has 11 nitrogen and oxygen atoms in total. The Hall–Kier alpha value is 1.30. The summed E-state index contributed by atoms with van der Waals surface area (Å²) in [5.41, 5.74) is -0.923. The lowest BCUT2D eigenvalue weighted by Crippen LogP contribution is -2.73. The molecular weight excluding hydrogens is 845 g/mol. The third kappa shape index (κ3) is 19.1. The molecule has 0 unspecified atom stereocenters. The third-order valence-electron chi connectivity index (χ3n) is 8.12. The van der Waals surface area contributed by atoms with Gasteiger partial charge < -0.3 is 49.6 Å². The van der Waals surface area contributed by atoms with Gasteiger partial charge in [0, 0.05) is 0 Å². The highest BCUT2D eigenvalue weighted by molar-refractivity contribution is 6.72. The molecule has 2 aliphatic rings. The Labute approximate surface area is 352 Å². The van der Waals surface area contributed by atoms with E-state index < -0.39 is 121 Å². The predicted molar refractivity (Wildman–Crippen MR) is 251 cm³/mol. The fourth-order valence-corrected chi connectivity index (χ4v) is 15.4. The molecule has 0 spiro atoms. The Kier molecular flexibility index (Phi) is 18.1. The SMILES string of the molecule is C[C@]1(O[Si](C)(C)C)[C@@H](O[Si](C)(C)C)O[C@H](CO[C@H]2O[C@H](CO[Si](C)(C)C)[C@H](O[Si](C)(C)C)[C@H](O[Si](C)(C)C)[C@H]2O[Si](C)(C)C)[C@@H](O[Si](C)(C)C)[C@@H]1O[Si](C)(C)C. The summed E-state index contributed by atoms with van der Waals surface area (Å²) in [5, 5.41) is 0. The van der Waals surface area contributed by atoms with Gasteiger partial charge in [0.05, 0.1) is 13.2 Å². The minimum atomic E-state index is -2.18. The lowest BCUT2D eigenvalue weighted by Gasteiger charge is -2.57. The van der Waals surface area contributed by atoms with E-state index in [9.17, 15) is 0 Å². The zero-order valence-corrected chi connectivity index (χ0v) is 48.6. The van der Waals surface area contributed by atoms with E-state index in [2.05, 4.69) is 164 Å². The van der Waals surface area contributed by atoms with Crippen LogP contribution in [0.15, 0.2) is 0 Å². The zero-order valence-electron chi connectivity index (χ0n) is 40.6. The second-order valence-corrected chi connectivity index (χ2v) is 59.6. The van der Waals surface area contributed by atoms with Crippen molar-refractivity contribution in [2.24, 2.45) is 0 Å². The van der Waals surface area contributed by atoms with Crippen LogP contribution in [0.1, 0.15) is 6.92 Å². The Balaban J connectivity index is 2.81. The van der Waals surface area contributed by atoms with E-state index in [0.717, 1.165) is 0 Å². The lowest BCUT2D eigenvalue weighted by molar-refractivity contribution is -0.329. The first-order valence-corrected chi connectivity index (χ1v) is 48.2. The van der Waals surface area contributed by atoms with Crippen molar-refractivity contribution in [3.63, 3.8) is 0 Å². The standard InChI is InChI=1S/C37H88O11Si8/c1-37(48-56(23,24)25)34(46-54(17,18)19)31(43-51(8,9)10)28(41-36(37)47-55(20,21)22)26-38-35-33(45-53(14,15)16)32(44-52(11,12)13)30(42-50(5,6)7)29(40-35)27-39-49(2,3)4/h28-36H,26-27H2,1-25H3/t28-,29-,30+,31-,32+,33-,34+,35+,36-,37-/m1/s1. The van der Waals surface area contributed by atoms with Crippen LogP contribution in [0.25, 0.3) is 0 Å². The van der Waals surface area contributed by atoms with Crippen molar-refractivity contribution in [3.05, 3.63) is 0 Å². The van der Waals surface area contributed by atoms with Gasteiger partial charge in [-0.2, -0.15) is 0 Å². The maximum Gasteiger partial charge on any atom is 0.187 e. The van der Waals surface area contributed by atoms with Crippen molar-refractivity contribution in [2.45, 2.75) is 225 Å². The molecule has 2 heterocycles. The van der Waals surface area contributed by atoms with Gasteiger partial charge in [-0.05, 0) is 164 Å². The van der Waals surface area contributed by atoms with Gasteiger partial charge in [0.25, 0.3) is 0 Å². The molecule has 0 aromatic carbocycles. The molecule has 0 bridgehead atoms. The average molecular weight is 934 g/mol. The van der Waals surface area contributed by atoms with E-state index >= 15 is 0 Å². The van der Waals surface area contributed by atoms with Crippen LogP contribution in [0.4, 0.5) is 0 Å². The van der Waals surface area contributed by atoms with Crippen LogP contribution in [0.5, 0.6) is 0 Å². The Morgan fingerprint density at radius 3 is 1.20 bits per heavy atom. The summed E-state index contributed by atoms with van der Waals surface area (Å²) in [6, 6.07) is 0. The van der Waals surface area contributed by atoms with Crippen LogP contribution in [-0.2, 0) is 49.6 Å². The summed E-state index contributed by atoms with van der Waals surface area (Å²) >= 11 is 0. The van der Waals surface area contributed by atoms with E-state index in [1.165, 1.54) is 0 Å². The van der Waals surface area contributed by atoms with Crippen molar-refractivity contribution in [2.75, 3.05) is 13.2 Å². The fraction of sp³-hybridized carbons (Fsp3) is 1.00. The van der Waals surface area contributed by atoms with Gasteiger partial charge >= 0.3 is 0 Å². The van der Waals surface area contributed by atoms with Gasteiger partial charge in [-0.1, -0.05) is 0 Å². The Bertz CT molecular complexity index is 1230. The Morgan fingerprint density at radius 2 is 0.786 bits per heavy atom. The topological polar surface area (TPSA) is 102 Å². The molecule has 0 aliphatic carbocycles. The smallest absolute Gasteiger partial charge is 0.187 e. The molecule has 0 aromatic heterocycles. The molecule has 2 saturated heterocycles. The molecule has 0 amide bonds. The predicted octanol–water partition coefficient (Wildman–Crippen LogP) is 9.87. The first-order valence-electron chi connectivity index (χ1n) is 20.9. The van der Waals surface area contributed by atoms with Gasteiger partial charge in [0.1, 0.15) is 48.3 Å². The van der Waals surface area contributed by atoms with Gasteiger partial charge in [-0.3, -0.25) is 0 Å². The highest BCUT2D eigenvalue weighted by Crippen LogP contribution is 2.43. The summed E-state index contributed by atoms with van der Waals surface area (Å²) in [5.74, 6) is 0. The summed E-state index contributed by atoms with van der Waals surface area (Å²) in [7, 11) is -17.0. The normalized spacial score (nSPS) is 32.2. The zero-order chi connectivity index (χ0) is 43.9. The van der Waals surface area contributed by atoms with Crippen molar-refractivity contribution >= 4 is 66.5 Å². The van der Waals surface area contributed by atoms with Crippen molar-refractivity contribution in [1.82, 2.24) is 0 Å². The largest absolute Gasteiger partial charge is 0.415 e. The molecule has 2 rings (SSSR count). The van der Waals surface area contributed by atoms with Gasteiger partial charge in [-0.25, -0.2) is 0 Å². The molecule has 2 aliphatic heterocycles. The number of hydrogen-bond acceptors (Lipinski definition) is 11. The molecule has 19 heteroatoms. The third-order valence-corrected chi connectivity index (χ3v) is 16.0. The molecule has 10 atom stereocenters. The van der Waals surface area contributed by atoms with Crippen LogP contribution in [0.3, 0.4) is 0 Å². The van der Waals surface area contributed by atoms with E-state index in [0.29, 0.717) is 6.61 Å². The second-order valence-electron chi connectivity index (χ2n) is 23.9. The highest BCUT2D eigenvalue weighted by Gasteiger charge is 2.60. The molecule has 2 fully saturated rings. The van der Waals surface area contributed by atoms with Gasteiger partial charge in [0.15, 0.2) is 79.1 Å². The summed E-state index contributed by atoms with van der Waals surface area (Å²) in [4.78, 5) is 0. The molecule has 0 saturated carbocycles. The maximum atomic E-state index is 7.21. The van der Waals surface area contributed by atoms with Crippen LogP contribution >= 0.6 is 0 Å². The molecule has 0 N–H and O–H groups in total. The number of rotatable bonds is 20. The number of ether oxygens (including phenoxy) is 3. The average Bonchev–Trinajstić information content (AvgIpc) is 2.88. The van der Waals surface area contributed by atoms with Gasteiger partial charge in [-0.15, -0.1) is 0 Å². The maximum absolute atomic E-state index is 7.21. The summed E-state index contributed by atoms with van der Waals surface area (Å²) in [6.07, 6.45) is -4.76. The molecule has 0 radical (unpaired) electrons. The summed E-state index contributed by atoms with van der Waals surface area (Å²) in [6.45, 7) is 55.6.